The molecule has 16 heavy (non-hydrogen) atoms. The number of nitrogens with one attached hydrogen (secondary N) is 1. The number of aryl methyl sites for hydroxylation is 1. The number of halogens is 1. The number of rotatable bonds is 1. The minimum atomic E-state index is -0.355. The predicted molar refractivity (Wildman–Crippen MR) is 63.1 cm³/mol. The van der Waals surface area contributed by atoms with E-state index in [2.05, 4.69) is 10.4 Å². The van der Waals surface area contributed by atoms with Crippen LogP contribution in [0.4, 0.5) is 0 Å². The molecule has 1 heterocycles. The Bertz CT molecular complexity index is 568. The molecule has 0 atom stereocenters. The van der Waals surface area contributed by atoms with Crippen molar-refractivity contribution in [1.82, 2.24) is 10.4 Å². The topological polar surface area (TPSA) is 68.0 Å². The molecule has 0 aliphatic rings. The van der Waals surface area contributed by atoms with Gasteiger partial charge >= 0.3 is 0 Å². The van der Waals surface area contributed by atoms with Crippen molar-refractivity contribution in [2.75, 3.05) is 0 Å². The molecular weight excluding hydrogens is 226 g/mol. The molecule has 0 spiro atoms. The lowest BCUT2D eigenvalue weighted by molar-refractivity contribution is 0.0953. The molecule has 1 aromatic carbocycles. The Hall–Kier alpha value is -1.65. The molecule has 3 N–H and O–H groups in total. The first kappa shape index (κ1) is 10.9. The fourth-order valence-electron chi connectivity index (χ4n) is 1.56. The van der Waals surface area contributed by atoms with Gasteiger partial charge in [0.05, 0.1) is 21.8 Å². The first-order valence-corrected chi connectivity index (χ1v) is 5.08. The van der Waals surface area contributed by atoms with Gasteiger partial charge in [-0.05, 0) is 19.1 Å². The van der Waals surface area contributed by atoms with Crippen molar-refractivity contribution in [3.8, 4) is 0 Å². The van der Waals surface area contributed by atoms with Crippen LogP contribution in [0.3, 0.4) is 0 Å². The van der Waals surface area contributed by atoms with Crippen LogP contribution in [0.15, 0.2) is 24.3 Å². The Morgan fingerprint density at radius 3 is 2.94 bits per heavy atom. The summed E-state index contributed by atoms with van der Waals surface area (Å²) in [5.41, 5.74) is 3.84. The SMILES string of the molecule is Cc1nc2c(Cl)cccc2cc1C(=O)NN. The molecule has 0 saturated heterocycles. The lowest BCUT2D eigenvalue weighted by Crippen LogP contribution is -2.30. The van der Waals surface area contributed by atoms with Crippen molar-refractivity contribution in [3.05, 3.63) is 40.5 Å². The minimum Gasteiger partial charge on any atom is -0.290 e. The summed E-state index contributed by atoms with van der Waals surface area (Å²) in [6.45, 7) is 1.74. The number of hydrogen-bond donors (Lipinski definition) is 2. The van der Waals surface area contributed by atoms with Gasteiger partial charge in [0, 0.05) is 5.39 Å². The van der Waals surface area contributed by atoms with Gasteiger partial charge in [0.1, 0.15) is 0 Å². The van der Waals surface area contributed by atoms with Crippen molar-refractivity contribution in [3.63, 3.8) is 0 Å². The number of nitrogen functional groups attached to an aromatic ring is 1. The standard InChI is InChI=1S/C11H10ClN3O/c1-6-8(11(16)15-13)5-7-3-2-4-9(12)10(7)14-6/h2-5H,13H2,1H3,(H,15,16). The molecule has 0 saturated carbocycles. The number of fused-ring (bicyclic) bond motifs is 1. The van der Waals surface area contributed by atoms with Crippen molar-refractivity contribution < 1.29 is 4.79 Å². The van der Waals surface area contributed by atoms with Crippen LogP contribution in [0.1, 0.15) is 16.1 Å². The summed E-state index contributed by atoms with van der Waals surface area (Å²) in [5.74, 6) is 4.74. The highest BCUT2D eigenvalue weighted by Crippen LogP contribution is 2.23. The van der Waals surface area contributed by atoms with E-state index < -0.39 is 0 Å². The second-order valence-electron chi connectivity index (χ2n) is 3.41. The van der Waals surface area contributed by atoms with E-state index in [9.17, 15) is 4.79 Å². The van der Waals surface area contributed by atoms with E-state index in [1.54, 1.807) is 19.1 Å². The van der Waals surface area contributed by atoms with E-state index in [4.69, 9.17) is 17.4 Å². The van der Waals surface area contributed by atoms with E-state index in [-0.39, 0.29) is 5.91 Å². The van der Waals surface area contributed by atoms with Crippen LogP contribution in [0.5, 0.6) is 0 Å². The number of carbonyl (C=O) groups excluding carboxylic acids is 1. The van der Waals surface area contributed by atoms with Crippen molar-refractivity contribution in [2.45, 2.75) is 6.92 Å². The lowest BCUT2D eigenvalue weighted by Gasteiger charge is -2.06. The van der Waals surface area contributed by atoms with Gasteiger partial charge in [0.25, 0.3) is 5.91 Å². The summed E-state index contributed by atoms with van der Waals surface area (Å²) in [6, 6.07) is 7.15. The van der Waals surface area contributed by atoms with Crippen molar-refractivity contribution in [1.29, 1.82) is 0 Å². The Balaban J connectivity index is 2.72. The van der Waals surface area contributed by atoms with Gasteiger partial charge in [-0.15, -0.1) is 0 Å². The van der Waals surface area contributed by atoms with Gasteiger partial charge in [-0.1, -0.05) is 23.7 Å². The molecule has 4 nitrogen and oxygen atoms in total. The Labute approximate surface area is 97.4 Å². The molecular formula is C11H10ClN3O. The highest BCUT2D eigenvalue weighted by Gasteiger charge is 2.11. The molecule has 2 aromatic rings. The van der Waals surface area contributed by atoms with Crippen LogP contribution in [0.2, 0.25) is 5.02 Å². The quantitative estimate of drug-likeness (QED) is 0.450. The van der Waals surface area contributed by atoms with Crippen LogP contribution in [-0.2, 0) is 0 Å². The summed E-state index contributed by atoms with van der Waals surface area (Å²) in [4.78, 5) is 15.7. The number of carbonyl (C=O) groups is 1. The minimum absolute atomic E-state index is 0.355. The molecule has 0 aliphatic heterocycles. The maximum absolute atomic E-state index is 11.5. The zero-order valence-electron chi connectivity index (χ0n) is 8.62. The highest BCUT2D eigenvalue weighted by atomic mass is 35.5. The zero-order valence-corrected chi connectivity index (χ0v) is 9.38. The fraction of sp³-hybridized carbons (Fsp3) is 0.0909. The van der Waals surface area contributed by atoms with Crippen LogP contribution in [0, 0.1) is 6.92 Å². The van der Waals surface area contributed by atoms with Crippen LogP contribution >= 0.6 is 11.6 Å². The van der Waals surface area contributed by atoms with Gasteiger partial charge in [0.15, 0.2) is 0 Å². The molecule has 82 valence electrons. The number of hydrogen-bond acceptors (Lipinski definition) is 3. The average molecular weight is 236 g/mol. The molecule has 0 aliphatic carbocycles. The second kappa shape index (κ2) is 4.08. The van der Waals surface area contributed by atoms with Gasteiger partial charge in [-0.2, -0.15) is 0 Å². The predicted octanol–water partition coefficient (Wildman–Crippen LogP) is 1.80. The number of benzene rings is 1. The molecule has 0 radical (unpaired) electrons. The number of hydrazine groups is 1. The lowest BCUT2D eigenvalue weighted by atomic mass is 10.1. The maximum Gasteiger partial charge on any atom is 0.267 e. The van der Waals surface area contributed by atoms with Crippen molar-refractivity contribution >= 4 is 28.4 Å². The monoisotopic (exact) mass is 235 g/mol. The van der Waals surface area contributed by atoms with E-state index in [0.717, 1.165) is 5.39 Å². The molecule has 1 amide bonds. The number of aromatic nitrogens is 1. The van der Waals surface area contributed by atoms with Gasteiger partial charge < -0.3 is 0 Å². The van der Waals surface area contributed by atoms with Crippen LogP contribution in [-0.4, -0.2) is 10.9 Å². The van der Waals surface area contributed by atoms with E-state index in [1.807, 2.05) is 12.1 Å². The third kappa shape index (κ3) is 1.73. The first-order valence-electron chi connectivity index (χ1n) is 4.70. The number of para-hydroxylation sites is 1. The fourth-order valence-corrected chi connectivity index (χ4v) is 1.79. The Kier molecular flexibility index (Phi) is 2.77. The van der Waals surface area contributed by atoms with Crippen LogP contribution < -0.4 is 11.3 Å². The second-order valence-corrected chi connectivity index (χ2v) is 3.81. The molecule has 2 rings (SSSR count). The molecule has 1 aromatic heterocycles. The van der Waals surface area contributed by atoms with E-state index >= 15 is 0 Å². The molecule has 0 bridgehead atoms. The summed E-state index contributed by atoms with van der Waals surface area (Å²) in [6.07, 6.45) is 0. The van der Waals surface area contributed by atoms with Gasteiger partial charge in [-0.3, -0.25) is 15.2 Å². The van der Waals surface area contributed by atoms with Crippen LogP contribution in [0.25, 0.3) is 10.9 Å². The molecule has 0 fully saturated rings. The molecule has 0 unspecified atom stereocenters. The average Bonchev–Trinajstić information content (AvgIpc) is 2.29. The van der Waals surface area contributed by atoms with Gasteiger partial charge in [0.2, 0.25) is 0 Å². The summed E-state index contributed by atoms with van der Waals surface area (Å²) in [7, 11) is 0. The third-order valence-electron chi connectivity index (χ3n) is 2.36. The largest absolute Gasteiger partial charge is 0.290 e. The molecule has 5 heteroatoms. The summed E-state index contributed by atoms with van der Waals surface area (Å²) < 4.78 is 0. The third-order valence-corrected chi connectivity index (χ3v) is 2.67. The normalized spacial score (nSPS) is 10.4. The summed E-state index contributed by atoms with van der Waals surface area (Å²) in [5, 5.41) is 1.39. The first-order chi connectivity index (χ1) is 7.63. The zero-order chi connectivity index (χ0) is 11.7. The number of nitrogens with zero attached hydrogens (tertiary/aromatic N) is 1. The number of amides is 1. The highest BCUT2D eigenvalue weighted by molar-refractivity contribution is 6.35. The van der Waals surface area contributed by atoms with E-state index in [0.29, 0.717) is 21.8 Å². The number of nitrogens with two attached hydrogens (primary N) is 1. The number of pyridine rings is 1. The Morgan fingerprint density at radius 2 is 2.25 bits per heavy atom. The smallest absolute Gasteiger partial charge is 0.267 e. The van der Waals surface area contributed by atoms with Crippen molar-refractivity contribution in [2.24, 2.45) is 5.84 Å². The Morgan fingerprint density at radius 1 is 1.50 bits per heavy atom. The summed E-state index contributed by atoms with van der Waals surface area (Å²) >= 11 is 6.01. The maximum atomic E-state index is 11.5. The van der Waals surface area contributed by atoms with E-state index in [1.165, 1.54) is 0 Å². The van der Waals surface area contributed by atoms with Gasteiger partial charge in [-0.25, -0.2) is 5.84 Å².